The topological polar surface area (TPSA) is 35.5 Å². The third-order valence-corrected chi connectivity index (χ3v) is 5.26. The van der Waals surface area contributed by atoms with Crippen LogP contribution in [0, 0.1) is 5.92 Å². The molecule has 0 saturated carbocycles. The first-order valence-electron chi connectivity index (χ1n) is 7.95. The van der Waals surface area contributed by atoms with Crippen molar-refractivity contribution in [3.63, 3.8) is 0 Å². The van der Waals surface area contributed by atoms with Gasteiger partial charge in [-0.1, -0.05) is 63.6 Å². The molecule has 4 heteroatoms. The van der Waals surface area contributed by atoms with Crippen LogP contribution in [0.15, 0.2) is 42.5 Å². The van der Waals surface area contributed by atoms with Gasteiger partial charge in [0.2, 0.25) is 0 Å². The zero-order valence-electron chi connectivity index (χ0n) is 13.6. The average Bonchev–Trinajstić information content (AvgIpc) is 2.52. The van der Waals surface area contributed by atoms with E-state index in [2.05, 4.69) is 6.92 Å². The van der Waals surface area contributed by atoms with E-state index in [1.54, 1.807) is 0 Å². The Hall–Kier alpha value is -1.31. The van der Waals surface area contributed by atoms with Gasteiger partial charge in [0.15, 0.2) is 0 Å². The molecule has 2 aromatic rings. The molecule has 0 aromatic heterocycles. The maximum absolute atomic E-state index is 13.0. The third-order valence-electron chi connectivity index (χ3n) is 3.38. The first-order chi connectivity index (χ1) is 10.5. The van der Waals surface area contributed by atoms with Crippen molar-refractivity contribution in [2.45, 2.75) is 33.6 Å². The van der Waals surface area contributed by atoms with Crippen molar-refractivity contribution in [3.05, 3.63) is 42.5 Å². The van der Waals surface area contributed by atoms with Gasteiger partial charge in [-0.3, -0.25) is 4.52 Å². The molecule has 22 heavy (non-hydrogen) atoms. The summed E-state index contributed by atoms with van der Waals surface area (Å²) in [6.07, 6.45) is 2.26. The number of benzene rings is 2. The molecule has 0 saturated heterocycles. The van der Waals surface area contributed by atoms with Gasteiger partial charge in [-0.15, -0.1) is 0 Å². The van der Waals surface area contributed by atoms with Crippen LogP contribution in [0.25, 0.3) is 10.8 Å². The second-order valence-electron chi connectivity index (χ2n) is 5.95. The zero-order chi connectivity index (χ0) is 16.0. The SMILES string of the molecule is CCCCP(=O)(OCC(C)C)Oc1cccc2ccccc12. The highest BCUT2D eigenvalue weighted by atomic mass is 31.2. The second kappa shape index (κ2) is 7.80. The summed E-state index contributed by atoms with van der Waals surface area (Å²) in [6, 6.07) is 13.8. The number of hydrogen-bond acceptors (Lipinski definition) is 3. The lowest BCUT2D eigenvalue weighted by Gasteiger charge is -2.21. The molecule has 120 valence electrons. The van der Waals surface area contributed by atoms with Crippen molar-refractivity contribution < 1.29 is 13.6 Å². The lowest BCUT2D eigenvalue weighted by atomic mass is 10.1. The van der Waals surface area contributed by atoms with Gasteiger partial charge in [0.05, 0.1) is 12.8 Å². The number of hydrogen-bond donors (Lipinski definition) is 0. The molecule has 0 heterocycles. The molecule has 3 nitrogen and oxygen atoms in total. The summed E-state index contributed by atoms with van der Waals surface area (Å²) in [5.74, 6) is 0.965. The Labute approximate surface area is 133 Å². The van der Waals surface area contributed by atoms with E-state index < -0.39 is 7.60 Å². The largest absolute Gasteiger partial charge is 0.424 e. The highest BCUT2D eigenvalue weighted by Gasteiger charge is 2.26. The normalized spacial score (nSPS) is 14.2. The molecule has 1 unspecified atom stereocenters. The maximum Gasteiger partial charge on any atom is 0.379 e. The van der Waals surface area contributed by atoms with E-state index in [4.69, 9.17) is 9.05 Å². The molecule has 0 aliphatic heterocycles. The van der Waals surface area contributed by atoms with Crippen molar-refractivity contribution in [3.8, 4) is 5.75 Å². The van der Waals surface area contributed by atoms with Crippen molar-refractivity contribution in [1.29, 1.82) is 0 Å². The number of unbranched alkanes of at least 4 members (excludes halogenated alkanes) is 1. The van der Waals surface area contributed by atoms with Crippen LogP contribution >= 0.6 is 7.60 Å². The van der Waals surface area contributed by atoms with Gasteiger partial charge in [0, 0.05) is 5.39 Å². The molecule has 0 radical (unpaired) electrons. The Kier molecular flexibility index (Phi) is 6.05. The van der Waals surface area contributed by atoms with Crippen molar-refractivity contribution in [1.82, 2.24) is 0 Å². The smallest absolute Gasteiger partial charge is 0.379 e. The van der Waals surface area contributed by atoms with E-state index in [9.17, 15) is 4.57 Å². The lowest BCUT2D eigenvalue weighted by Crippen LogP contribution is -2.07. The fourth-order valence-corrected chi connectivity index (χ4v) is 4.14. The molecule has 2 aromatic carbocycles. The molecule has 2 rings (SSSR count). The van der Waals surface area contributed by atoms with E-state index in [1.807, 2.05) is 56.3 Å². The molecule has 0 fully saturated rings. The second-order valence-corrected chi connectivity index (χ2v) is 8.06. The Bertz CT molecular complexity index is 646. The Morgan fingerprint density at radius 2 is 1.82 bits per heavy atom. The van der Waals surface area contributed by atoms with Crippen LogP contribution in [0.5, 0.6) is 5.75 Å². The Balaban J connectivity index is 2.26. The van der Waals surface area contributed by atoms with Crippen molar-refractivity contribution in [2.75, 3.05) is 12.8 Å². The van der Waals surface area contributed by atoms with Crippen LogP contribution in [0.2, 0.25) is 0 Å². The van der Waals surface area contributed by atoms with Crippen LogP contribution in [-0.4, -0.2) is 12.8 Å². The molecule has 0 spiro atoms. The van der Waals surface area contributed by atoms with Gasteiger partial charge in [0.25, 0.3) is 0 Å². The molecule has 0 N–H and O–H groups in total. The molecule has 0 amide bonds. The van der Waals surface area contributed by atoms with E-state index >= 15 is 0 Å². The Morgan fingerprint density at radius 1 is 1.09 bits per heavy atom. The van der Waals surface area contributed by atoms with Gasteiger partial charge >= 0.3 is 7.60 Å². The summed E-state index contributed by atoms with van der Waals surface area (Å²) in [5.41, 5.74) is 0. The van der Waals surface area contributed by atoms with Gasteiger partial charge in [-0.05, 0) is 23.8 Å². The predicted octanol–water partition coefficient (Wildman–Crippen LogP) is 5.88. The fourth-order valence-electron chi connectivity index (χ4n) is 2.18. The maximum atomic E-state index is 13.0. The van der Waals surface area contributed by atoms with E-state index in [0.717, 1.165) is 23.6 Å². The summed E-state index contributed by atoms with van der Waals surface area (Å²) < 4.78 is 24.6. The first kappa shape index (κ1) is 17.1. The van der Waals surface area contributed by atoms with Crippen molar-refractivity contribution >= 4 is 18.4 Å². The van der Waals surface area contributed by atoms with Crippen LogP contribution in [0.1, 0.15) is 33.6 Å². The van der Waals surface area contributed by atoms with E-state index in [1.165, 1.54) is 0 Å². The lowest BCUT2D eigenvalue weighted by molar-refractivity contribution is 0.233. The number of fused-ring (bicyclic) bond motifs is 1. The first-order valence-corrected chi connectivity index (χ1v) is 9.68. The Morgan fingerprint density at radius 3 is 2.55 bits per heavy atom. The summed E-state index contributed by atoms with van der Waals surface area (Å²) in [7, 11) is -3.12. The van der Waals surface area contributed by atoms with Gasteiger partial charge in [-0.2, -0.15) is 0 Å². The highest BCUT2D eigenvalue weighted by molar-refractivity contribution is 7.54. The standard InChI is InChI=1S/C18H25O3P/c1-4-5-13-22(19,20-14-15(2)3)21-18-12-8-10-16-9-6-7-11-17(16)18/h6-12,15H,4-5,13-14H2,1-3H3. The monoisotopic (exact) mass is 320 g/mol. The van der Waals surface area contributed by atoms with Gasteiger partial charge in [-0.25, -0.2) is 4.57 Å². The third kappa shape index (κ3) is 4.59. The van der Waals surface area contributed by atoms with Crippen LogP contribution in [-0.2, 0) is 9.09 Å². The minimum atomic E-state index is -3.12. The summed E-state index contributed by atoms with van der Waals surface area (Å²) >= 11 is 0. The average molecular weight is 320 g/mol. The van der Waals surface area contributed by atoms with Gasteiger partial charge in [0.1, 0.15) is 5.75 Å². The fraction of sp³-hybridized carbons (Fsp3) is 0.444. The van der Waals surface area contributed by atoms with E-state index in [0.29, 0.717) is 24.4 Å². The molecular formula is C18H25O3P. The summed E-state index contributed by atoms with van der Waals surface area (Å²) in [6.45, 7) is 6.61. The zero-order valence-corrected chi connectivity index (χ0v) is 14.5. The predicted molar refractivity (Wildman–Crippen MR) is 92.7 cm³/mol. The van der Waals surface area contributed by atoms with Crippen LogP contribution in [0.4, 0.5) is 0 Å². The molecule has 0 aliphatic rings. The minimum absolute atomic E-state index is 0.325. The van der Waals surface area contributed by atoms with Gasteiger partial charge < -0.3 is 4.52 Å². The quantitative estimate of drug-likeness (QED) is 0.569. The molecule has 1 atom stereocenters. The van der Waals surface area contributed by atoms with Crippen LogP contribution < -0.4 is 4.52 Å². The summed E-state index contributed by atoms with van der Waals surface area (Å²) in [5, 5.41) is 2.04. The van der Waals surface area contributed by atoms with E-state index in [-0.39, 0.29) is 0 Å². The minimum Gasteiger partial charge on any atom is -0.424 e. The number of rotatable bonds is 8. The van der Waals surface area contributed by atoms with Crippen LogP contribution in [0.3, 0.4) is 0 Å². The molecular weight excluding hydrogens is 295 g/mol. The molecule has 0 bridgehead atoms. The highest BCUT2D eigenvalue weighted by Crippen LogP contribution is 2.50. The summed E-state index contributed by atoms with van der Waals surface area (Å²) in [4.78, 5) is 0. The molecule has 0 aliphatic carbocycles. The van der Waals surface area contributed by atoms with Crippen molar-refractivity contribution in [2.24, 2.45) is 5.92 Å².